The first-order valence-electron chi connectivity index (χ1n) is 10.5. The molecule has 0 atom stereocenters. The molecule has 150 valence electrons. The van der Waals surface area contributed by atoms with Crippen LogP contribution in [-0.4, -0.2) is 0 Å². The molecule has 0 saturated carbocycles. The van der Waals surface area contributed by atoms with Gasteiger partial charge in [0, 0.05) is 27.4 Å². The number of hydrogen-bond donors (Lipinski definition) is 0. The van der Waals surface area contributed by atoms with Gasteiger partial charge in [-0.1, -0.05) is 97.1 Å². The predicted molar refractivity (Wildman–Crippen MR) is 135 cm³/mol. The predicted octanol–water partition coefficient (Wildman–Crippen LogP) is 8.86. The number of nitrogens with zero attached hydrogens (tertiary/aromatic N) is 1. The SMILES string of the molecule is Cc1sc(N(c2ccccc2)c2ccccc2)c(-c2ccccc2)c1-c1ccccc1. The van der Waals surface area contributed by atoms with Crippen LogP contribution in [0.4, 0.5) is 16.4 Å². The van der Waals surface area contributed by atoms with Crippen molar-refractivity contribution in [2.75, 3.05) is 4.90 Å². The summed E-state index contributed by atoms with van der Waals surface area (Å²) in [5, 5.41) is 1.24. The molecule has 5 aromatic rings. The average Bonchev–Trinajstić information content (AvgIpc) is 3.18. The summed E-state index contributed by atoms with van der Waals surface area (Å²) in [7, 11) is 0. The monoisotopic (exact) mass is 417 g/mol. The number of anilines is 3. The number of benzene rings is 4. The fourth-order valence-electron chi connectivity index (χ4n) is 4.05. The van der Waals surface area contributed by atoms with Crippen LogP contribution in [0.1, 0.15) is 4.88 Å². The van der Waals surface area contributed by atoms with E-state index in [-0.39, 0.29) is 0 Å². The molecule has 1 aromatic heterocycles. The second kappa shape index (κ2) is 8.63. The number of aryl methyl sites for hydroxylation is 1. The van der Waals surface area contributed by atoms with Gasteiger partial charge in [-0.3, -0.25) is 0 Å². The molecular weight excluding hydrogens is 394 g/mol. The van der Waals surface area contributed by atoms with Crippen LogP contribution in [0.25, 0.3) is 22.3 Å². The van der Waals surface area contributed by atoms with E-state index in [4.69, 9.17) is 0 Å². The summed E-state index contributed by atoms with van der Waals surface area (Å²) < 4.78 is 0. The molecule has 31 heavy (non-hydrogen) atoms. The Balaban J connectivity index is 1.82. The van der Waals surface area contributed by atoms with E-state index in [0.717, 1.165) is 11.4 Å². The van der Waals surface area contributed by atoms with Gasteiger partial charge < -0.3 is 4.90 Å². The molecule has 0 unspecified atom stereocenters. The molecule has 0 spiro atoms. The number of thiophene rings is 1. The topological polar surface area (TPSA) is 3.24 Å². The van der Waals surface area contributed by atoms with Gasteiger partial charge in [0.2, 0.25) is 0 Å². The highest BCUT2D eigenvalue weighted by atomic mass is 32.1. The lowest BCUT2D eigenvalue weighted by Crippen LogP contribution is -2.09. The molecule has 1 nitrogen and oxygen atoms in total. The fourth-order valence-corrected chi connectivity index (χ4v) is 5.29. The summed E-state index contributed by atoms with van der Waals surface area (Å²) in [5.74, 6) is 0. The Morgan fingerprint density at radius 3 is 1.32 bits per heavy atom. The van der Waals surface area contributed by atoms with Crippen LogP contribution in [0, 0.1) is 6.92 Å². The second-order valence-electron chi connectivity index (χ2n) is 7.45. The minimum Gasteiger partial charge on any atom is -0.301 e. The molecule has 0 N–H and O–H groups in total. The average molecular weight is 418 g/mol. The molecule has 0 saturated heterocycles. The van der Waals surface area contributed by atoms with Gasteiger partial charge in [-0.25, -0.2) is 0 Å². The van der Waals surface area contributed by atoms with Crippen molar-refractivity contribution < 1.29 is 0 Å². The van der Waals surface area contributed by atoms with Gasteiger partial charge in [-0.05, 0) is 42.3 Å². The van der Waals surface area contributed by atoms with Crippen LogP contribution in [-0.2, 0) is 0 Å². The zero-order valence-electron chi connectivity index (χ0n) is 17.4. The van der Waals surface area contributed by atoms with Crippen LogP contribution in [0.5, 0.6) is 0 Å². The van der Waals surface area contributed by atoms with Gasteiger partial charge in [0.05, 0.1) is 0 Å². The van der Waals surface area contributed by atoms with Gasteiger partial charge in [-0.15, -0.1) is 11.3 Å². The second-order valence-corrected chi connectivity index (χ2v) is 8.66. The lowest BCUT2D eigenvalue weighted by Gasteiger charge is -2.25. The van der Waals surface area contributed by atoms with E-state index < -0.39 is 0 Å². The molecule has 0 bridgehead atoms. The maximum atomic E-state index is 2.38. The number of para-hydroxylation sites is 2. The number of hydrogen-bond acceptors (Lipinski definition) is 2. The number of rotatable bonds is 5. The first kappa shape index (κ1) is 19.3. The summed E-state index contributed by atoms with van der Waals surface area (Å²) in [6, 6.07) is 42.8. The highest BCUT2D eigenvalue weighted by Crippen LogP contribution is 2.51. The standard InChI is InChI=1S/C29H23NS/c1-22-27(23-14-6-2-7-15-23)28(24-16-8-3-9-17-24)29(31-22)30(25-18-10-4-11-19-25)26-20-12-5-13-21-26/h2-21H,1H3. The van der Waals surface area contributed by atoms with Crippen molar-refractivity contribution >= 4 is 27.7 Å². The van der Waals surface area contributed by atoms with E-state index in [9.17, 15) is 0 Å². The molecule has 0 radical (unpaired) electrons. The minimum absolute atomic E-state index is 1.16. The first-order chi connectivity index (χ1) is 15.3. The summed E-state index contributed by atoms with van der Waals surface area (Å²) in [6.07, 6.45) is 0. The molecule has 0 aliphatic rings. The van der Waals surface area contributed by atoms with E-state index in [1.54, 1.807) is 0 Å². The van der Waals surface area contributed by atoms with Gasteiger partial charge in [0.1, 0.15) is 5.00 Å². The van der Waals surface area contributed by atoms with Crippen molar-refractivity contribution in [1.82, 2.24) is 0 Å². The Kier molecular flexibility index (Phi) is 5.39. The highest BCUT2D eigenvalue weighted by Gasteiger charge is 2.24. The Hall–Kier alpha value is -3.62. The molecule has 1 heterocycles. The third-order valence-corrected chi connectivity index (χ3v) is 6.51. The van der Waals surface area contributed by atoms with Gasteiger partial charge in [-0.2, -0.15) is 0 Å². The van der Waals surface area contributed by atoms with E-state index in [1.165, 1.54) is 32.1 Å². The van der Waals surface area contributed by atoms with Crippen molar-refractivity contribution in [3.8, 4) is 22.3 Å². The lowest BCUT2D eigenvalue weighted by molar-refractivity contribution is 1.32. The van der Waals surface area contributed by atoms with Gasteiger partial charge >= 0.3 is 0 Å². The summed E-state index contributed by atoms with van der Waals surface area (Å²) in [4.78, 5) is 3.70. The fraction of sp³-hybridized carbons (Fsp3) is 0.0345. The van der Waals surface area contributed by atoms with Crippen molar-refractivity contribution in [2.24, 2.45) is 0 Å². The van der Waals surface area contributed by atoms with Gasteiger partial charge in [0.25, 0.3) is 0 Å². The third-order valence-electron chi connectivity index (χ3n) is 5.42. The molecular formula is C29H23NS. The summed E-state index contributed by atoms with van der Waals surface area (Å²) in [5.41, 5.74) is 7.39. The van der Waals surface area contributed by atoms with E-state index in [2.05, 4.69) is 133 Å². The molecule has 0 fully saturated rings. The van der Waals surface area contributed by atoms with E-state index in [0.29, 0.717) is 0 Å². The van der Waals surface area contributed by atoms with Crippen molar-refractivity contribution in [1.29, 1.82) is 0 Å². The Bertz CT molecular complexity index is 1220. The smallest absolute Gasteiger partial charge is 0.109 e. The maximum Gasteiger partial charge on any atom is 0.109 e. The third kappa shape index (κ3) is 3.78. The zero-order chi connectivity index (χ0) is 21.0. The normalized spacial score (nSPS) is 10.7. The first-order valence-corrected chi connectivity index (χ1v) is 11.3. The van der Waals surface area contributed by atoms with Crippen LogP contribution in [0.2, 0.25) is 0 Å². The van der Waals surface area contributed by atoms with Crippen molar-refractivity contribution in [2.45, 2.75) is 6.92 Å². The van der Waals surface area contributed by atoms with E-state index >= 15 is 0 Å². The highest BCUT2D eigenvalue weighted by molar-refractivity contribution is 7.17. The molecule has 0 amide bonds. The van der Waals surface area contributed by atoms with Crippen LogP contribution in [0.15, 0.2) is 121 Å². The lowest BCUT2D eigenvalue weighted by atomic mass is 9.96. The Morgan fingerprint density at radius 2 is 0.871 bits per heavy atom. The molecule has 0 aliphatic heterocycles. The maximum absolute atomic E-state index is 2.38. The quantitative estimate of drug-likeness (QED) is 0.276. The van der Waals surface area contributed by atoms with Gasteiger partial charge in [0.15, 0.2) is 0 Å². The minimum atomic E-state index is 1.16. The largest absolute Gasteiger partial charge is 0.301 e. The van der Waals surface area contributed by atoms with Crippen molar-refractivity contribution in [3.63, 3.8) is 0 Å². The molecule has 0 aliphatic carbocycles. The zero-order valence-corrected chi connectivity index (χ0v) is 18.2. The molecule has 4 aromatic carbocycles. The van der Waals surface area contributed by atoms with Crippen molar-refractivity contribution in [3.05, 3.63) is 126 Å². The Labute approximate surface area is 187 Å². The van der Waals surface area contributed by atoms with Crippen LogP contribution >= 0.6 is 11.3 Å². The molecule has 5 rings (SSSR count). The molecule has 2 heteroatoms. The summed E-state index contributed by atoms with van der Waals surface area (Å²) in [6.45, 7) is 2.23. The van der Waals surface area contributed by atoms with Crippen LogP contribution in [0.3, 0.4) is 0 Å². The van der Waals surface area contributed by atoms with Crippen LogP contribution < -0.4 is 4.90 Å². The summed E-state index contributed by atoms with van der Waals surface area (Å²) >= 11 is 1.85. The Morgan fingerprint density at radius 1 is 0.484 bits per heavy atom. The van der Waals surface area contributed by atoms with E-state index in [1.807, 2.05) is 11.3 Å².